The Hall–Kier alpha value is -2.22. The molecule has 1 fully saturated rings. The maximum Gasteiger partial charge on any atom is 0.230 e. The molecule has 0 spiro atoms. The Morgan fingerprint density at radius 1 is 1.18 bits per heavy atom. The van der Waals surface area contributed by atoms with Crippen LogP contribution in [0.5, 0.6) is 11.5 Å². The molecule has 7 nitrogen and oxygen atoms in total. The maximum absolute atomic E-state index is 12.1. The molecule has 0 unspecified atom stereocenters. The fourth-order valence-corrected chi connectivity index (χ4v) is 4.34. The van der Waals surface area contributed by atoms with Gasteiger partial charge in [0.05, 0.1) is 19.0 Å². The highest BCUT2D eigenvalue weighted by Gasteiger charge is 2.18. The van der Waals surface area contributed by atoms with Gasteiger partial charge in [0.15, 0.2) is 16.7 Å². The van der Waals surface area contributed by atoms with E-state index in [1.54, 1.807) is 0 Å². The van der Waals surface area contributed by atoms with Crippen LogP contribution in [0.4, 0.5) is 0 Å². The summed E-state index contributed by atoms with van der Waals surface area (Å²) >= 11 is 1.43. The zero-order chi connectivity index (χ0) is 19.3. The fourth-order valence-electron chi connectivity index (χ4n) is 3.59. The first-order valence-electron chi connectivity index (χ1n) is 9.88. The summed E-state index contributed by atoms with van der Waals surface area (Å²) < 4.78 is 13.4. The molecule has 2 aromatic rings. The van der Waals surface area contributed by atoms with Gasteiger partial charge in [0.25, 0.3) is 0 Å². The average molecular weight is 403 g/mol. The highest BCUT2D eigenvalue weighted by Crippen LogP contribution is 2.31. The van der Waals surface area contributed by atoms with Gasteiger partial charge in [-0.3, -0.25) is 4.79 Å². The summed E-state index contributed by atoms with van der Waals surface area (Å²) in [6, 6.07) is 6.35. The molecule has 1 N–H and O–H groups in total. The van der Waals surface area contributed by atoms with E-state index < -0.39 is 0 Å². The number of thioether (sulfide) groups is 1. The Morgan fingerprint density at radius 2 is 1.96 bits per heavy atom. The van der Waals surface area contributed by atoms with E-state index in [1.807, 2.05) is 29.8 Å². The van der Waals surface area contributed by atoms with Crippen molar-refractivity contribution in [2.45, 2.75) is 49.7 Å². The minimum Gasteiger partial charge on any atom is -0.490 e. The van der Waals surface area contributed by atoms with Crippen molar-refractivity contribution in [2.24, 2.45) is 7.05 Å². The molecule has 1 aromatic heterocycles. The van der Waals surface area contributed by atoms with Crippen molar-refractivity contribution in [1.29, 1.82) is 0 Å². The predicted octanol–water partition coefficient (Wildman–Crippen LogP) is 2.72. The summed E-state index contributed by atoms with van der Waals surface area (Å²) in [6.07, 6.45) is 6.16. The zero-order valence-electron chi connectivity index (χ0n) is 16.1. The number of fused-ring (bicyclic) bond motifs is 1. The van der Waals surface area contributed by atoms with Crippen molar-refractivity contribution >= 4 is 17.7 Å². The molecule has 8 heteroatoms. The van der Waals surface area contributed by atoms with Crippen molar-refractivity contribution in [3.8, 4) is 11.5 Å². The lowest BCUT2D eigenvalue weighted by atomic mass is 10.1. The number of nitrogens with zero attached hydrogens (tertiary/aromatic N) is 3. The van der Waals surface area contributed by atoms with Gasteiger partial charge in [0.2, 0.25) is 5.91 Å². The Labute approximate surface area is 169 Å². The Morgan fingerprint density at radius 3 is 2.79 bits per heavy atom. The molecule has 0 atom stereocenters. The monoisotopic (exact) mass is 402 g/mol. The normalized spacial score (nSPS) is 16.8. The molecule has 1 amide bonds. The van der Waals surface area contributed by atoms with E-state index in [0.29, 0.717) is 31.4 Å². The van der Waals surface area contributed by atoms with Crippen molar-refractivity contribution in [1.82, 2.24) is 20.1 Å². The molecule has 1 aliphatic heterocycles. The summed E-state index contributed by atoms with van der Waals surface area (Å²) in [6.45, 7) is 1.36. The third-order valence-electron chi connectivity index (χ3n) is 5.15. The lowest BCUT2D eigenvalue weighted by Crippen LogP contribution is -2.33. The van der Waals surface area contributed by atoms with E-state index in [2.05, 4.69) is 15.5 Å². The first-order valence-corrected chi connectivity index (χ1v) is 10.9. The number of benzene rings is 1. The largest absolute Gasteiger partial charge is 0.490 e. The minimum absolute atomic E-state index is 0.0735. The van der Waals surface area contributed by atoms with Gasteiger partial charge >= 0.3 is 0 Å². The fraction of sp³-hybridized carbons (Fsp3) is 0.550. The van der Waals surface area contributed by atoms with Gasteiger partial charge in [-0.15, -0.1) is 10.2 Å². The molecule has 28 heavy (non-hydrogen) atoms. The van der Waals surface area contributed by atoms with Crippen molar-refractivity contribution in [3.63, 3.8) is 0 Å². The van der Waals surface area contributed by atoms with Crippen LogP contribution in [0.2, 0.25) is 0 Å². The molecule has 150 valence electrons. The molecular weight excluding hydrogens is 376 g/mol. The molecule has 1 saturated carbocycles. The smallest absolute Gasteiger partial charge is 0.230 e. The van der Waals surface area contributed by atoms with E-state index in [0.717, 1.165) is 47.3 Å². The molecule has 1 aromatic carbocycles. The van der Waals surface area contributed by atoms with Crippen LogP contribution < -0.4 is 14.8 Å². The van der Waals surface area contributed by atoms with Crippen LogP contribution in [0.25, 0.3) is 0 Å². The van der Waals surface area contributed by atoms with E-state index in [9.17, 15) is 4.79 Å². The topological polar surface area (TPSA) is 78.3 Å². The second kappa shape index (κ2) is 8.86. The van der Waals surface area contributed by atoms with Crippen LogP contribution in [-0.2, 0) is 18.3 Å². The van der Waals surface area contributed by atoms with Gasteiger partial charge < -0.3 is 19.4 Å². The van der Waals surface area contributed by atoms with Gasteiger partial charge in [-0.1, -0.05) is 30.7 Å². The summed E-state index contributed by atoms with van der Waals surface area (Å²) in [5.41, 5.74) is 1.09. The summed E-state index contributed by atoms with van der Waals surface area (Å²) in [5, 5.41) is 12.4. The number of rotatable bonds is 6. The van der Waals surface area contributed by atoms with Crippen LogP contribution >= 0.6 is 11.8 Å². The quantitative estimate of drug-likeness (QED) is 0.749. The van der Waals surface area contributed by atoms with E-state index in [4.69, 9.17) is 9.47 Å². The highest BCUT2D eigenvalue weighted by molar-refractivity contribution is 7.99. The molecule has 2 heterocycles. The highest BCUT2D eigenvalue weighted by atomic mass is 32.2. The number of hydrogen-bond donors (Lipinski definition) is 1. The molecule has 0 bridgehead atoms. The Bertz CT molecular complexity index is 833. The summed E-state index contributed by atoms with van der Waals surface area (Å²) in [4.78, 5) is 12.1. The van der Waals surface area contributed by atoms with Gasteiger partial charge in [-0.2, -0.15) is 0 Å². The second-order valence-electron chi connectivity index (χ2n) is 7.30. The Balaban J connectivity index is 1.35. The minimum atomic E-state index is 0.0735. The molecule has 1 aliphatic carbocycles. The number of ether oxygens (including phenoxy) is 2. The van der Waals surface area contributed by atoms with Crippen LogP contribution in [0, 0.1) is 0 Å². The predicted molar refractivity (Wildman–Crippen MR) is 107 cm³/mol. The third kappa shape index (κ3) is 4.60. The van der Waals surface area contributed by atoms with Gasteiger partial charge in [0, 0.05) is 25.9 Å². The van der Waals surface area contributed by atoms with Crippen molar-refractivity contribution < 1.29 is 14.3 Å². The molecule has 0 radical (unpaired) electrons. The SMILES string of the molecule is Cn1c(Cc2ccc3c(c2)OCCCO3)nnc1SCC(=O)NC1CCCC1. The van der Waals surface area contributed by atoms with Gasteiger partial charge in [0.1, 0.15) is 5.82 Å². The van der Waals surface area contributed by atoms with Gasteiger partial charge in [-0.25, -0.2) is 0 Å². The number of hydrogen-bond acceptors (Lipinski definition) is 6. The number of carbonyl (C=O) groups excluding carboxylic acids is 1. The van der Waals surface area contributed by atoms with Crippen LogP contribution in [-0.4, -0.2) is 45.7 Å². The Kier molecular flexibility index (Phi) is 6.04. The standard InChI is InChI=1S/C20H26N4O3S/c1-24-18(12-14-7-8-16-17(11-14)27-10-4-9-26-16)22-23-20(24)28-13-19(25)21-15-5-2-3-6-15/h7-8,11,15H,2-6,9-10,12-13H2,1H3,(H,21,25). The molecular formula is C20H26N4O3S. The van der Waals surface area contributed by atoms with Crippen LogP contribution in [0.3, 0.4) is 0 Å². The summed E-state index contributed by atoms with van der Waals surface area (Å²) in [5.74, 6) is 2.88. The average Bonchev–Trinajstić information content (AvgIpc) is 3.24. The number of nitrogens with one attached hydrogen (secondary N) is 1. The zero-order valence-corrected chi connectivity index (χ0v) is 17.0. The lowest BCUT2D eigenvalue weighted by molar-refractivity contribution is -0.119. The van der Waals surface area contributed by atoms with Crippen LogP contribution in [0.15, 0.2) is 23.4 Å². The number of aromatic nitrogens is 3. The van der Waals surface area contributed by atoms with Gasteiger partial charge in [-0.05, 0) is 30.5 Å². The third-order valence-corrected chi connectivity index (χ3v) is 6.17. The van der Waals surface area contributed by atoms with E-state index in [-0.39, 0.29) is 5.91 Å². The molecule has 0 saturated heterocycles. The second-order valence-corrected chi connectivity index (χ2v) is 8.25. The first kappa shape index (κ1) is 19.1. The first-order chi connectivity index (χ1) is 13.7. The molecule has 2 aliphatic rings. The van der Waals surface area contributed by atoms with Crippen molar-refractivity contribution in [3.05, 3.63) is 29.6 Å². The maximum atomic E-state index is 12.1. The molecule has 4 rings (SSSR count). The number of carbonyl (C=O) groups is 1. The summed E-state index contributed by atoms with van der Waals surface area (Å²) in [7, 11) is 1.94. The van der Waals surface area contributed by atoms with Crippen LogP contribution in [0.1, 0.15) is 43.5 Å². The lowest BCUT2D eigenvalue weighted by Gasteiger charge is -2.11. The number of amides is 1. The van der Waals surface area contributed by atoms with E-state index >= 15 is 0 Å². The van der Waals surface area contributed by atoms with E-state index in [1.165, 1.54) is 24.6 Å². The van der Waals surface area contributed by atoms with Crippen molar-refractivity contribution in [2.75, 3.05) is 19.0 Å².